The van der Waals surface area contributed by atoms with Crippen molar-refractivity contribution in [1.29, 1.82) is 0 Å². The van der Waals surface area contributed by atoms with Gasteiger partial charge in [-0.15, -0.1) is 0 Å². The first-order chi connectivity index (χ1) is 21.7. The lowest BCUT2D eigenvalue weighted by Gasteiger charge is -2.31. The molecule has 2 amide bonds. The average molecular weight is 665 g/mol. The fourth-order valence-corrected chi connectivity index (χ4v) is 6.98. The number of aryl methyl sites for hydroxylation is 1. The topological polar surface area (TPSA) is 165 Å². The molecule has 0 unspecified atom stereocenters. The number of carboxylic acid groups (broad SMARTS) is 1. The summed E-state index contributed by atoms with van der Waals surface area (Å²) in [4.78, 5) is 36.9. The number of rotatable bonds is 10. The maximum atomic E-state index is 15.1. The molecule has 5 rings (SSSR count). The van der Waals surface area contributed by atoms with E-state index in [9.17, 15) is 36.0 Å². The van der Waals surface area contributed by atoms with E-state index >= 15 is 4.39 Å². The summed E-state index contributed by atoms with van der Waals surface area (Å²) in [6.45, 7) is 0. The zero-order valence-corrected chi connectivity index (χ0v) is 25.0. The molecule has 244 valence electrons. The number of carbonyl (C=O) groups excluding carboxylic acids is 2. The lowest BCUT2D eigenvalue weighted by atomic mass is 9.83. The van der Waals surface area contributed by atoms with Gasteiger partial charge in [0, 0.05) is 29.8 Å². The van der Waals surface area contributed by atoms with Crippen LogP contribution < -0.4 is 15.4 Å². The minimum absolute atomic E-state index is 0.0531. The molecule has 2 fully saturated rings. The monoisotopic (exact) mass is 664 g/mol. The van der Waals surface area contributed by atoms with Gasteiger partial charge in [0.15, 0.2) is 0 Å². The van der Waals surface area contributed by atoms with Gasteiger partial charge in [-0.05, 0) is 67.5 Å². The van der Waals surface area contributed by atoms with E-state index in [2.05, 4.69) is 20.8 Å². The molecule has 16 heteroatoms. The highest BCUT2D eigenvalue weighted by molar-refractivity contribution is 7.92. The van der Waals surface area contributed by atoms with Crippen LogP contribution in [-0.4, -0.2) is 60.2 Å². The van der Waals surface area contributed by atoms with Crippen LogP contribution in [0.15, 0.2) is 53.4 Å². The second-order valence-corrected chi connectivity index (χ2v) is 13.1. The number of aromatic nitrogens is 2. The van der Waals surface area contributed by atoms with Crippen LogP contribution in [0.1, 0.15) is 41.7 Å². The maximum absolute atomic E-state index is 15.1. The first-order valence-electron chi connectivity index (χ1n) is 14.1. The van der Waals surface area contributed by atoms with E-state index in [4.69, 9.17) is 9.84 Å². The fourth-order valence-electron chi connectivity index (χ4n) is 6.18. The first kappa shape index (κ1) is 32.8. The third-order valence-electron chi connectivity index (χ3n) is 8.36. The molecule has 2 aliphatic rings. The molecule has 0 saturated heterocycles. The van der Waals surface area contributed by atoms with Crippen molar-refractivity contribution in [2.45, 2.75) is 48.5 Å². The number of benzene rings is 2. The summed E-state index contributed by atoms with van der Waals surface area (Å²) in [6, 6.07) is 8.37. The Morgan fingerprint density at radius 2 is 1.78 bits per heavy atom. The van der Waals surface area contributed by atoms with Gasteiger partial charge in [-0.3, -0.25) is 14.4 Å². The van der Waals surface area contributed by atoms with Crippen molar-refractivity contribution >= 4 is 33.3 Å². The predicted molar refractivity (Wildman–Crippen MR) is 154 cm³/mol. The maximum Gasteiger partial charge on any atom is 0.501 e. The molecular formula is C30H28F4N4O7S. The van der Waals surface area contributed by atoms with Gasteiger partial charge in [-0.25, -0.2) is 12.8 Å². The van der Waals surface area contributed by atoms with Crippen molar-refractivity contribution in [2.75, 3.05) is 12.4 Å². The van der Waals surface area contributed by atoms with E-state index in [1.54, 1.807) is 0 Å². The van der Waals surface area contributed by atoms with Crippen LogP contribution in [0, 0.1) is 23.6 Å². The second kappa shape index (κ2) is 12.7. The third kappa shape index (κ3) is 6.52. The van der Waals surface area contributed by atoms with Gasteiger partial charge in [0.2, 0.25) is 5.91 Å². The van der Waals surface area contributed by atoms with Crippen LogP contribution in [0.25, 0.3) is 11.3 Å². The number of hydrogen-bond acceptors (Lipinski definition) is 8. The van der Waals surface area contributed by atoms with Crippen molar-refractivity contribution in [3.63, 3.8) is 0 Å². The summed E-state index contributed by atoms with van der Waals surface area (Å²) in [6.07, 6.45) is 1.97. The largest absolute Gasteiger partial charge is 0.501 e. The quantitative estimate of drug-likeness (QED) is 0.267. The Morgan fingerprint density at radius 3 is 2.43 bits per heavy atom. The predicted octanol–water partition coefficient (Wildman–Crippen LogP) is 4.39. The lowest BCUT2D eigenvalue weighted by Crippen LogP contribution is -2.48. The summed E-state index contributed by atoms with van der Waals surface area (Å²) < 4.78 is 83.3. The summed E-state index contributed by atoms with van der Waals surface area (Å²) >= 11 is 0. The first-order valence-corrected chi connectivity index (χ1v) is 15.6. The second-order valence-electron chi connectivity index (χ2n) is 11.2. The number of carboxylic acids is 1. The zero-order chi connectivity index (χ0) is 33.4. The van der Waals surface area contributed by atoms with E-state index in [0.29, 0.717) is 25.0 Å². The molecule has 1 aromatic heterocycles. The fraction of sp³-hybridized carbons (Fsp3) is 0.367. The Bertz CT molecular complexity index is 1780. The molecule has 11 nitrogen and oxygen atoms in total. The highest BCUT2D eigenvalue weighted by Crippen LogP contribution is 2.49. The van der Waals surface area contributed by atoms with Gasteiger partial charge in [-0.1, -0.05) is 6.07 Å². The molecule has 2 saturated carbocycles. The van der Waals surface area contributed by atoms with Crippen molar-refractivity contribution in [3.05, 3.63) is 65.6 Å². The van der Waals surface area contributed by atoms with Gasteiger partial charge in [0.25, 0.3) is 15.7 Å². The van der Waals surface area contributed by atoms with E-state index in [1.165, 1.54) is 31.4 Å². The van der Waals surface area contributed by atoms with Gasteiger partial charge >= 0.3 is 11.5 Å². The van der Waals surface area contributed by atoms with E-state index in [1.807, 2.05) is 0 Å². The number of sulfone groups is 1. The smallest absolute Gasteiger partial charge is 0.496 e. The molecule has 0 spiro atoms. The van der Waals surface area contributed by atoms with Gasteiger partial charge in [-0.2, -0.15) is 23.4 Å². The number of ether oxygens (including phenoxy) is 1. The molecule has 3 N–H and O–H groups in total. The van der Waals surface area contributed by atoms with E-state index < -0.39 is 55.8 Å². The SMILES string of the molecule is COc1cc(F)c(-c2ccc(CCC(=O)O)nn2)cc1C(=O)N[C@@H]1[C@H]2CC[C@H](C2)[C@@H]1C(=O)Nc1cccc(S(=O)(=O)C(F)(F)F)c1. The van der Waals surface area contributed by atoms with Crippen LogP contribution in [-0.2, 0) is 25.8 Å². The number of halogens is 4. The van der Waals surface area contributed by atoms with Crippen LogP contribution in [0.3, 0.4) is 0 Å². The Kier molecular flexibility index (Phi) is 9.02. The van der Waals surface area contributed by atoms with Gasteiger partial charge < -0.3 is 20.5 Å². The normalized spacial score (nSPS) is 20.7. The van der Waals surface area contributed by atoms with Crippen LogP contribution in [0.2, 0.25) is 0 Å². The van der Waals surface area contributed by atoms with Crippen molar-refractivity contribution in [3.8, 4) is 17.0 Å². The van der Waals surface area contributed by atoms with E-state index in [0.717, 1.165) is 24.3 Å². The number of methoxy groups -OCH3 is 1. The number of nitrogens with one attached hydrogen (secondary N) is 2. The number of hydrogen-bond donors (Lipinski definition) is 3. The number of anilines is 1. The van der Waals surface area contributed by atoms with E-state index in [-0.39, 0.29) is 52.9 Å². The summed E-state index contributed by atoms with van der Waals surface area (Å²) in [5, 5.41) is 22.2. The minimum Gasteiger partial charge on any atom is -0.496 e. The number of aliphatic carboxylic acids is 1. The van der Waals surface area contributed by atoms with Gasteiger partial charge in [0.05, 0.1) is 41.3 Å². The summed E-state index contributed by atoms with van der Waals surface area (Å²) in [5.74, 6) is -4.12. The number of carbonyl (C=O) groups is 3. The minimum atomic E-state index is -5.64. The van der Waals surface area contributed by atoms with Crippen LogP contribution in [0.5, 0.6) is 5.75 Å². The molecule has 2 aliphatic carbocycles. The Hall–Kier alpha value is -4.60. The zero-order valence-electron chi connectivity index (χ0n) is 24.2. The standard InChI is InChI=1S/C30H28F4N4O7S/c1-45-24-14-22(31)20(23-9-7-17(37-38-23)8-10-25(39)40)13-21(24)28(41)36-27-16-6-5-15(11-16)26(27)29(42)35-18-3-2-4-19(12-18)46(43,44)30(32,33)34/h2-4,7,9,12-16,26-27H,5-6,8,10-11H2,1H3,(H,35,42)(H,36,41)(H,39,40)/t15-,16+,26+,27-/m1/s1. The number of amides is 2. The Labute approximate surface area is 260 Å². The molecule has 0 aliphatic heterocycles. The molecule has 46 heavy (non-hydrogen) atoms. The average Bonchev–Trinajstić information content (AvgIpc) is 3.62. The van der Waals surface area contributed by atoms with Gasteiger partial charge in [0.1, 0.15) is 11.6 Å². The lowest BCUT2D eigenvalue weighted by molar-refractivity contribution is -0.137. The van der Waals surface area contributed by atoms with Crippen LogP contribution >= 0.6 is 0 Å². The molecule has 4 atom stereocenters. The Balaban J connectivity index is 1.37. The number of fused-ring (bicyclic) bond motifs is 2. The molecule has 0 radical (unpaired) electrons. The van der Waals surface area contributed by atoms with Crippen molar-refractivity contribution in [1.82, 2.24) is 15.5 Å². The number of alkyl halides is 3. The summed E-state index contributed by atoms with van der Waals surface area (Å²) in [7, 11) is -4.38. The van der Waals surface area contributed by atoms with Crippen LogP contribution in [0.4, 0.5) is 23.2 Å². The summed E-state index contributed by atoms with van der Waals surface area (Å²) in [5.41, 5.74) is -5.33. The third-order valence-corrected chi connectivity index (χ3v) is 9.84. The highest BCUT2D eigenvalue weighted by atomic mass is 32.2. The molecular weight excluding hydrogens is 636 g/mol. The Morgan fingerprint density at radius 1 is 1.04 bits per heavy atom. The highest BCUT2D eigenvalue weighted by Gasteiger charge is 2.52. The van der Waals surface area contributed by atoms with Crippen molar-refractivity contribution < 1.29 is 50.2 Å². The van der Waals surface area contributed by atoms with Crippen molar-refractivity contribution in [2.24, 2.45) is 17.8 Å². The number of nitrogens with zero attached hydrogens (tertiary/aromatic N) is 2. The molecule has 1 heterocycles. The molecule has 3 aromatic rings. The molecule has 2 aromatic carbocycles. The molecule has 2 bridgehead atoms.